The molecule has 0 amide bonds. The fourth-order valence-electron chi connectivity index (χ4n) is 1.41. The van der Waals surface area contributed by atoms with E-state index < -0.39 is 5.82 Å². The molecule has 0 aliphatic carbocycles. The first-order chi connectivity index (χ1) is 7.65. The van der Waals surface area contributed by atoms with Gasteiger partial charge in [0, 0.05) is 15.8 Å². The maximum absolute atomic E-state index is 13.6. The topological polar surface area (TPSA) is 48.8 Å². The number of aromatic nitrogens is 1. The second-order valence-corrected chi connectivity index (χ2v) is 4.57. The SMILES string of the molecule is N#CCOc1cc(Cl)c(F)c2[nH]cc(I)c12. The summed E-state index contributed by atoms with van der Waals surface area (Å²) in [7, 11) is 0. The molecule has 0 bridgehead atoms. The number of nitrogens with zero attached hydrogens (tertiary/aromatic N) is 1. The van der Waals surface area contributed by atoms with Crippen molar-refractivity contribution in [3.05, 3.63) is 26.7 Å². The molecule has 1 heterocycles. The Bertz CT molecular complexity index is 590. The molecule has 3 nitrogen and oxygen atoms in total. The first kappa shape index (κ1) is 11.5. The number of nitriles is 1. The number of fused-ring (bicyclic) bond motifs is 1. The Balaban J connectivity index is 2.68. The molecule has 0 aliphatic heterocycles. The van der Waals surface area contributed by atoms with Crippen LogP contribution in [0.4, 0.5) is 4.39 Å². The summed E-state index contributed by atoms with van der Waals surface area (Å²) >= 11 is 7.78. The fourth-order valence-corrected chi connectivity index (χ4v) is 2.29. The maximum atomic E-state index is 13.6. The third-order valence-electron chi connectivity index (χ3n) is 2.06. The van der Waals surface area contributed by atoms with Gasteiger partial charge < -0.3 is 9.72 Å². The average Bonchev–Trinajstić information content (AvgIpc) is 2.64. The van der Waals surface area contributed by atoms with Gasteiger partial charge in [-0.2, -0.15) is 5.26 Å². The van der Waals surface area contributed by atoms with Crippen LogP contribution in [-0.2, 0) is 0 Å². The first-order valence-electron chi connectivity index (χ1n) is 4.29. The van der Waals surface area contributed by atoms with E-state index in [1.165, 1.54) is 6.07 Å². The van der Waals surface area contributed by atoms with Gasteiger partial charge >= 0.3 is 0 Å². The molecule has 2 aromatic rings. The standard InChI is InChI=1S/C10H5ClFIN2O/c11-5-3-7(16-2-1-14)8-6(13)4-15-10(8)9(5)12/h3-4,15H,2H2. The van der Waals surface area contributed by atoms with Gasteiger partial charge in [0.15, 0.2) is 12.4 Å². The lowest BCUT2D eigenvalue weighted by atomic mass is 10.2. The normalized spacial score (nSPS) is 10.4. The molecule has 0 fully saturated rings. The van der Waals surface area contributed by atoms with Crippen molar-refractivity contribution in [1.29, 1.82) is 5.26 Å². The second kappa shape index (κ2) is 4.47. The molecule has 1 aromatic carbocycles. The summed E-state index contributed by atoms with van der Waals surface area (Å²) in [5.41, 5.74) is 0.296. The van der Waals surface area contributed by atoms with Crippen molar-refractivity contribution in [3.63, 3.8) is 0 Å². The number of nitrogens with one attached hydrogen (secondary N) is 1. The molecule has 0 unspecified atom stereocenters. The zero-order valence-corrected chi connectivity index (χ0v) is 10.8. The van der Waals surface area contributed by atoms with Gasteiger partial charge in [0.05, 0.1) is 15.9 Å². The van der Waals surface area contributed by atoms with Crippen molar-refractivity contribution in [2.45, 2.75) is 0 Å². The Hall–Kier alpha value is -1.00. The van der Waals surface area contributed by atoms with Crippen molar-refractivity contribution < 1.29 is 9.13 Å². The zero-order valence-electron chi connectivity index (χ0n) is 7.85. The van der Waals surface area contributed by atoms with Crippen molar-refractivity contribution in [2.75, 3.05) is 6.61 Å². The predicted octanol–water partition coefficient (Wildman–Crippen LogP) is 3.47. The first-order valence-corrected chi connectivity index (χ1v) is 5.75. The summed E-state index contributed by atoms with van der Waals surface area (Å²) in [6.45, 7) is -0.0989. The zero-order chi connectivity index (χ0) is 11.7. The molecule has 0 atom stereocenters. The van der Waals surface area contributed by atoms with Crippen LogP contribution >= 0.6 is 34.2 Å². The maximum Gasteiger partial charge on any atom is 0.174 e. The minimum absolute atomic E-state index is 0.0290. The van der Waals surface area contributed by atoms with E-state index in [2.05, 4.69) is 27.6 Å². The molecule has 6 heteroatoms. The summed E-state index contributed by atoms with van der Waals surface area (Å²) in [5, 5.41) is 9.03. The lowest BCUT2D eigenvalue weighted by Gasteiger charge is -2.06. The van der Waals surface area contributed by atoms with Crippen LogP contribution in [0.3, 0.4) is 0 Å². The molecular formula is C10H5ClFIN2O. The van der Waals surface area contributed by atoms with Crippen LogP contribution in [0.5, 0.6) is 5.75 Å². The summed E-state index contributed by atoms with van der Waals surface area (Å²) in [4.78, 5) is 2.78. The molecule has 1 aromatic heterocycles. The lowest BCUT2D eigenvalue weighted by Crippen LogP contribution is -1.95. The minimum atomic E-state index is -0.510. The predicted molar refractivity (Wildman–Crippen MR) is 67.1 cm³/mol. The van der Waals surface area contributed by atoms with Crippen LogP contribution in [0.15, 0.2) is 12.3 Å². The van der Waals surface area contributed by atoms with E-state index in [1.807, 2.05) is 6.07 Å². The molecule has 0 radical (unpaired) electrons. The van der Waals surface area contributed by atoms with Crippen molar-refractivity contribution in [3.8, 4) is 11.8 Å². The number of ether oxygens (including phenoxy) is 1. The van der Waals surface area contributed by atoms with Gasteiger partial charge in [0.1, 0.15) is 11.8 Å². The van der Waals surface area contributed by atoms with Gasteiger partial charge in [0.2, 0.25) is 0 Å². The van der Waals surface area contributed by atoms with E-state index >= 15 is 0 Å². The highest BCUT2D eigenvalue weighted by atomic mass is 127. The summed E-state index contributed by atoms with van der Waals surface area (Å²) < 4.78 is 19.6. The molecule has 1 N–H and O–H groups in total. The Morgan fingerprint density at radius 1 is 1.62 bits per heavy atom. The van der Waals surface area contributed by atoms with Gasteiger partial charge in [-0.25, -0.2) is 4.39 Å². The van der Waals surface area contributed by atoms with Crippen molar-refractivity contribution >= 4 is 45.1 Å². The average molecular weight is 351 g/mol. The summed E-state index contributed by atoms with van der Waals surface area (Å²) in [5.74, 6) is -0.0995. The number of rotatable bonds is 2. The summed E-state index contributed by atoms with van der Waals surface area (Å²) in [6, 6.07) is 3.24. The minimum Gasteiger partial charge on any atom is -0.478 e. The number of hydrogen-bond acceptors (Lipinski definition) is 2. The monoisotopic (exact) mass is 350 g/mol. The highest BCUT2D eigenvalue weighted by molar-refractivity contribution is 14.1. The number of halogens is 3. The smallest absolute Gasteiger partial charge is 0.174 e. The lowest BCUT2D eigenvalue weighted by molar-refractivity contribution is 0.372. The molecule has 0 saturated heterocycles. The van der Waals surface area contributed by atoms with Crippen molar-refractivity contribution in [2.24, 2.45) is 0 Å². The number of hydrogen-bond donors (Lipinski definition) is 1. The molecule has 82 valence electrons. The molecule has 0 aliphatic rings. The quantitative estimate of drug-likeness (QED) is 0.843. The molecule has 0 saturated carbocycles. The van der Waals surface area contributed by atoms with Gasteiger partial charge in [-0.05, 0) is 22.6 Å². The summed E-state index contributed by atoms with van der Waals surface area (Å²) in [6.07, 6.45) is 1.66. The largest absolute Gasteiger partial charge is 0.478 e. The third-order valence-corrected chi connectivity index (χ3v) is 3.18. The van der Waals surface area contributed by atoms with E-state index in [4.69, 9.17) is 21.6 Å². The highest BCUT2D eigenvalue weighted by Gasteiger charge is 2.15. The Morgan fingerprint density at radius 2 is 2.38 bits per heavy atom. The number of aromatic amines is 1. The number of H-pyrrole nitrogens is 1. The Labute approximate surface area is 109 Å². The Kier molecular flexibility index (Phi) is 3.21. The molecule has 0 spiro atoms. The van der Waals surface area contributed by atoms with Crippen molar-refractivity contribution in [1.82, 2.24) is 4.98 Å². The van der Waals surface area contributed by atoms with E-state index in [0.717, 1.165) is 3.57 Å². The van der Waals surface area contributed by atoms with E-state index in [0.29, 0.717) is 16.7 Å². The van der Waals surface area contributed by atoms with Gasteiger partial charge in [-0.15, -0.1) is 0 Å². The highest BCUT2D eigenvalue weighted by Crippen LogP contribution is 2.35. The third kappa shape index (κ3) is 1.83. The van der Waals surface area contributed by atoms with E-state index in [1.54, 1.807) is 6.20 Å². The number of benzene rings is 1. The van der Waals surface area contributed by atoms with Gasteiger partial charge in [0.25, 0.3) is 0 Å². The van der Waals surface area contributed by atoms with E-state index in [9.17, 15) is 4.39 Å². The Morgan fingerprint density at radius 3 is 3.06 bits per heavy atom. The van der Waals surface area contributed by atoms with Crippen LogP contribution in [0.1, 0.15) is 0 Å². The second-order valence-electron chi connectivity index (χ2n) is 3.00. The molecule has 2 rings (SSSR count). The van der Waals surface area contributed by atoms with E-state index in [-0.39, 0.29) is 11.6 Å². The van der Waals surface area contributed by atoms with Crippen LogP contribution in [0, 0.1) is 20.7 Å². The van der Waals surface area contributed by atoms with Crippen LogP contribution < -0.4 is 4.74 Å². The van der Waals surface area contributed by atoms with Gasteiger partial charge in [-0.1, -0.05) is 11.6 Å². The molecular weight excluding hydrogens is 345 g/mol. The van der Waals surface area contributed by atoms with Crippen LogP contribution in [0.2, 0.25) is 5.02 Å². The molecule has 16 heavy (non-hydrogen) atoms. The van der Waals surface area contributed by atoms with Crippen LogP contribution in [-0.4, -0.2) is 11.6 Å². The van der Waals surface area contributed by atoms with Crippen LogP contribution in [0.25, 0.3) is 10.9 Å². The fraction of sp³-hybridized carbons (Fsp3) is 0.100. The van der Waals surface area contributed by atoms with Gasteiger partial charge in [-0.3, -0.25) is 0 Å².